The van der Waals surface area contributed by atoms with Gasteiger partial charge in [0.25, 0.3) is 0 Å². The van der Waals surface area contributed by atoms with Crippen LogP contribution in [0.15, 0.2) is 6.08 Å². The van der Waals surface area contributed by atoms with Gasteiger partial charge in [0, 0.05) is 24.4 Å². The second kappa shape index (κ2) is 6.17. The van der Waals surface area contributed by atoms with Crippen LogP contribution in [0.25, 0.3) is 6.08 Å². The van der Waals surface area contributed by atoms with Gasteiger partial charge in [0.15, 0.2) is 0 Å². The van der Waals surface area contributed by atoms with Gasteiger partial charge in [-0.1, -0.05) is 6.92 Å². The van der Waals surface area contributed by atoms with E-state index in [2.05, 4.69) is 10.4 Å². The zero-order chi connectivity index (χ0) is 14.6. The van der Waals surface area contributed by atoms with Crippen molar-refractivity contribution in [2.24, 2.45) is 7.05 Å². The molecule has 2 N–H and O–H groups in total. The summed E-state index contributed by atoms with van der Waals surface area (Å²) in [6.45, 7) is 5.47. The predicted molar refractivity (Wildman–Crippen MR) is 71.6 cm³/mol. The highest BCUT2D eigenvalue weighted by Gasteiger charge is 2.16. The van der Waals surface area contributed by atoms with Crippen molar-refractivity contribution in [1.82, 2.24) is 15.1 Å². The van der Waals surface area contributed by atoms with E-state index in [0.29, 0.717) is 6.42 Å². The molecule has 0 aliphatic carbocycles. The number of hydrogen-bond acceptors (Lipinski definition) is 3. The zero-order valence-corrected chi connectivity index (χ0v) is 11.6. The van der Waals surface area contributed by atoms with Gasteiger partial charge in [0.2, 0.25) is 5.91 Å². The number of carbonyl (C=O) groups excluding carboxylic acids is 1. The van der Waals surface area contributed by atoms with Crippen molar-refractivity contribution < 1.29 is 14.7 Å². The van der Waals surface area contributed by atoms with Crippen LogP contribution in [0.3, 0.4) is 0 Å². The van der Waals surface area contributed by atoms with Gasteiger partial charge in [-0.05, 0) is 26.3 Å². The molecule has 6 heteroatoms. The highest BCUT2D eigenvalue weighted by Crippen LogP contribution is 2.13. The van der Waals surface area contributed by atoms with E-state index in [-0.39, 0.29) is 0 Å². The molecule has 0 aromatic carbocycles. The second-order valence-corrected chi connectivity index (χ2v) is 4.35. The van der Waals surface area contributed by atoms with Gasteiger partial charge in [-0.2, -0.15) is 5.10 Å². The second-order valence-electron chi connectivity index (χ2n) is 4.35. The fourth-order valence-corrected chi connectivity index (χ4v) is 1.75. The summed E-state index contributed by atoms with van der Waals surface area (Å²) in [5.74, 6) is -1.45. The van der Waals surface area contributed by atoms with E-state index in [1.165, 1.54) is 6.08 Å². The lowest BCUT2D eigenvalue weighted by molar-refractivity contribution is -0.141. The summed E-state index contributed by atoms with van der Waals surface area (Å²) in [6, 6.07) is -0.853. The maximum atomic E-state index is 11.6. The molecule has 1 heterocycles. The molecule has 1 rings (SSSR count). The molecule has 0 bridgehead atoms. The third kappa shape index (κ3) is 3.67. The minimum absolute atomic E-state index is 0.347. The molecule has 1 amide bonds. The molecule has 0 saturated carbocycles. The lowest BCUT2D eigenvalue weighted by Crippen LogP contribution is -2.39. The number of rotatable bonds is 5. The van der Waals surface area contributed by atoms with Gasteiger partial charge >= 0.3 is 5.97 Å². The van der Waals surface area contributed by atoms with E-state index in [9.17, 15) is 9.59 Å². The van der Waals surface area contributed by atoms with E-state index in [4.69, 9.17) is 5.11 Å². The summed E-state index contributed by atoms with van der Waals surface area (Å²) in [7, 11) is 1.83. The van der Waals surface area contributed by atoms with E-state index >= 15 is 0 Å². The molecule has 19 heavy (non-hydrogen) atoms. The number of hydrogen-bond donors (Lipinski definition) is 2. The van der Waals surface area contributed by atoms with Gasteiger partial charge < -0.3 is 10.4 Å². The van der Waals surface area contributed by atoms with Crippen molar-refractivity contribution in [3.8, 4) is 0 Å². The smallest absolute Gasteiger partial charge is 0.326 e. The van der Waals surface area contributed by atoms with Gasteiger partial charge in [0.05, 0.1) is 5.69 Å². The topological polar surface area (TPSA) is 84.2 Å². The number of nitrogens with one attached hydrogen (secondary N) is 1. The Kier molecular flexibility index (Phi) is 4.86. The number of carboxylic acid groups (broad SMARTS) is 1. The first-order chi connectivity index (χ1) is 8.86. The maximum Gasteiger partial charge on any atom is 0.326 e. The molecular formula is C13H19N3O3. The van der Waals surface area contributed by atoms with Gasteiger partial charge in [0.1, 0.15) is 6.04 Å². The van der Waals surface area contributed by atoms with Gasteiger partial charge in [-0.25, -0.2) is 4.79 Å². The first kappa shape index (κ1) is 14.9. The number of carboxylic acids is 1. The van der Waals surface area contributed by atoms with Gasteiger partial charge in [-0.15, -0.1) is 0 Å². The van der Waals surface area contributed by atoms with Crippen LogP contribution in [0, 0.1) is 13.8 Å². The Morgan fingerprint density at radius 3 is 2.53 bits per heavy atom. The minimum Gasteiger partial charge on any atom is -0.480 e. The lowest BCUT2D eigenvalue weighted by atomic mass is 10.2. The van der Waals surface area contributed by atoms with Crippen LogP contribution in [0.5, 0.6) is 0 Å². The Morgan fingerprint density at radius 2 is 2.11 bits per heavy atom. The molecule has 0 aliphatic heterocycles. The van der Waals surface area contributed by atoms with Crippen LogP contribution in [0.2, 0.25) is 0 Å². The zero-order valence-electron chi connectivity index (χ0n) is 11.6. The quantitative estimate of drug-likeness (QED) is 0.779. The summed E-state index contributed by atoms with van der Waals surface area (Å²) in [4.78, 5) is 22.4. The standard InChI is InChI=1S/C13H19N3O3/c1-5-11(13(18)19)14-12(17)7-6-10-8(2)15-16(4)9(10)3/h6-7,11H,5H2,1-4H3,(H,14,17)(H,18,19)/b7-6+. The molecule has 104 valence electrons. The van der Waals surface area contributed by atoms with E-state index < -0.39 is 17.9 Å². The molecule has 1 aromatic heterocycles. The SMILES string of the molecule is CCC(NC(=O)/C=C/c1c(C)nn(C)c1C)C(=O)O. The monoisotopic (exact) mass is 265 g/mol. The fraction of sp³-hybridized carbons (Fsp3) is 0.462. The highest BCUT2D eigenvalue weighted by molar-refractivity contribution is 5.94. The average Bonchev–Trinajstić information content (AvgIpc) is 2.58. The van der Waals surface area contributed by atoms with Crippen molar-refractivity contribution in [1.29, 1.82) is 0 Å². The molecule has 1 unspecified atom stereocenters. The first-order valence-corrected chi connectivity index (χ1v) is 6.08. The van der Waals surface area contributed by atoms with Crippen molar-refractivity contribution in [3.05, 3.63) is 23.0 Å². The number of amides is 1. The summed E-state index contributed by atoms with van der Waals surface area (Å²) < 4.78 is 1.74. The Labute approximate surface area is 112 Å². The molecule has 1 atom stereocenters. The van der Waals surface area contributed by atoms with Crippen molar-refractivity contribution in [2.45, 2.75) is 33.2 Å². The molecular weight excluding hydrogens is 246 g/mol. The number of aliphatic carboxylic acids is 1. The number of aryl methyl sites for hydroxylation is 2. The normalized spacial score (nSPS) is 12.6. The van der Waals surface area contributed by atoms with Crippen molar-refractivity contribution in [2.75, 3.05) is 0 Å². The number of carbonyl (C=O) groups is 2. The third-order valence-electron chi connectivity index (χ3n) is 2.99. The fourth-order valence-electron chi connectivity index (χ4n) is 1.75. The Hall–Kier alpha value is -2.11. The molecule has 0 saturated heterocycles. The van der Waals surface area contributed by atoms with Gasteiger partial charge in [-0.3, -0.25) is 9.48 Å². The average molecular weight is 265 g/mol. The molecule has 0 radical (unpaired) electrons. The van der Waals surface area contributed by atoms with Crippen LogP contribution >= 0.6 is 0 Å². The molecule has 6 nitrogen and oxygen atoms in total. The molecule has 1 aromatic rings. The van der Waals surface area contributed by atoms with Crippen LogP contribution in [-0.4, -0.2) is 32.8 Å². The largest absolute Gasteiger partial charge is 0.480 e. The van der Waals surface area contributed by atoms with E-state index in [1.807, 2.05) is 20.9 Å². The number of nitrogens with zero attached hydrogens (tertiary/aromatic N) is 2. The Morgan fingerprint density at radius 1 is 1.47 bits per heavy atom. The lowest BCUT2D eigenvalue weighted by Gasteiger charge is -2.09. The van der Waals surface area contributed by atoms with Crippen LogP contribution < -0.4 is 5.32 Å². The van der Waals surface area contributed by atoms with Crippen molar-refractivity contribution in [3.63, 3.8) is 0 Å². The summed E-state index contributed by atoms with van der Waals surface area (Å²) in [6.07, 6.45) is 3.34. The predicted octanol–water partition coefficient (Wildman–Crippen LogP) is 1.03. The summed E-state index contributed by atoms with van der Waals surface area (Å²) in [5, 5.41) is 15.5. The first-order valence-electron chi connectivity index (χ1n) is 6.08. The van der Waals surface area contributed by atoms with E-state index in [1.54, 1.807) is 17.7 Å². The molecule has 0 spiro atoms. The Balaban J connectivity index is 2.76. The Bertz CT molecular complexity index is 517. The minimum atomic E-state index is -1.03. The molecule has 0 fully saturated rings. The summed E-state index contributed by atoms with van der Waals surface area (Å²) in [5.41, 5.74) is 2.65. The molecule has 0 aliphatic rings. The third-order valence-corrected chi connectivity index (χ3v) is 2.99. The highest BCUT2D eigenvalue weighted by atomic mass is 16.4. The van der Waals surface area contributed by atoms with Crippen LogP contribution in [0.1, 0.15) is 30.3 Å². The maximum absolute atomic E-state index is 11.6. The van der Waals surface area contributed by atoms with Crippen LogP contribution in [-0.2, 0) is 16.6 Å². The van der Waals surface area contributed by atoms with E-state index in [0.717, 1.165) is 17.0 Å². The number of aromatic nitrogens is 2. The summed E-state index contributed by atoms with van der Waals surface area (Å²) >= 11 is 0. The van der Waals surface area contributed by atoms with Crippen LogP contribution in [0.4, 0.5) is 0 Å². The van der Waals surface area contributed by atoms with Crippen molar-refractivity contribution >= 4 is 18.0 Å².